The number of aromatic amines is 1. The lowest BCUT2D eigenvalue weighted by Gasteiger charge is -2.00. The van der Waals surface area contributed by atoms with Crippen LogP contribution in [0.2, 0.25) is 0 Å². The Morgan fingerprint density at radius 3 is 2.80 bits per heavy atom. The Kier molecular flexibility index (Phi) is 3.75. The number of nitrogens with one attached hydrogen (secondary N) is 1. The molecule has 0 saturated carbocycles. The number of H-pyrrole nitrogens is 1. The highest BCUT2D eigenvalue weighted by Crippen LogP contribution is 2.11. The van der Waals surface area contributed by atoms with Crippen LogP contribution in [0.5, 0.6) is 0 Å². The van der Waals surface area contributed by atoms with Gasteiger partial charge in [-0.05, 0) is 0 Å². The number of nitrogens with two attached hydrogens (primary N) is 1. The first-order chi connectivity index (χ1) is 6.87. The van der Waals surface area contributed by atoms with Gasteiger partial charge in [0.25, 0.3) is 5.56 Å². The van der Waals surface area contributed by atoms with E-state index in [4.69, 9.17) is 5.73 Å². The average Bonchev–Trinajstić information content (AvgIpc) is 1.99. The predicted molar refractivity (Wildman–Crippen MR) is 59.7 cm³/mol. The van der Waals surface area contributed by atoms with Crippen molar-refractivity contribution in [2.45, 2.75) is 5.16 Å². The first kappa shape index (κ1) is 12.1. The molecule has 0 spiro atoms. The van der Waals surface area contributed by atoms with Crippen molar-refractivity contribution < 1.29 is 8.42 Å². The van der Waals surface area contributed by atoms with E-state index >= 15 is 0 Å². The normalized spacial score (nSPS) is 11.5. The average molecular weight is 249 g/mol. The van der Waals surface area contributed by atoms with Crippen LogP contribution in [0.3, 0.4) is 0 Å². The molecule has 0 radical (unpaired) electrons. The van der Waals surface area contributed by atoms with Gasteiger partial charge in [0.05, 0.1) is 5.75 Å². The van der Waals surface area contributed by atoms with Gasteiger partial charge in [0, 0.05) is 18.1 Å². The Labute approximate surface area is 91.2 Å². The minimum Gasteiger partial charge on any atom is -0.383 e. The molecule has 8 heteroatoms. The molecule has 0 unspecified atom stereocenters. The molecule has 84 valence electrons. The molecule has 0 atom stereocenters. The third-order valence-electron chi connectivity index (χ3n) is 1.43. The zero-order valence-electron chi connectivity index (χ0n) is 8.06. The summed E-state index contributed by atoms with van der Waals surface area (Å²) in [5.74, 6) is 0.502. The summed E-state index contributed by atoms with van der Waals surface area (Å²) in [5.41, 5.74) is 5.01. The van der Waals surface area contributed by atoms with E-state index in [-0.39, 0.29) is 17.1 Å². The van der Waals surface area contributed by atoms with Gasteiger partial charge in [0.1, 0.15) is 15.7 Å². The lowest BCUT2D eigenvalue weighted by Crippen LogP contribution is -2.11. The second-order valence-electron chi connectivity index (χ2n) is 2.95. The standard InChI is InChI=1S/C7H11N3O3S2/c1-15(12,13)3-2-14-7-9-5(8)4-6(11)10-7/h4H,2-3H2,1H3,(H3,8,9,10,11). The summed E-state index contributed by atoms with van der Waals surface area (Å²) in [4.78, 5) is 17.3. The van der Waals surface area contributed by atoms with E-state index in [1.165, 1.54) is 6.07 Å². The van der Waals surface area contributed by atoms with Gasteiger partial charge in [-0.1, -0.05) is 11.8 Å². The number of hydrogen-bond donors (Lipinski definition) is 2. The van der Waals surface area contributed by atoms with Crippen LogP contribution in [0.15, 0.2) is 16.0 Å². The molecule has 15 heavy (non-hydrogen) atoms. The van der Waals surface area contributed by atoms with E-state index in [1.807, 2.05) is 0 Å². The van der Waals surface area contributed by atoms with Crippen LogP contribution in [0, 0.1) is 0 Å². The molecule has 0 aromatic carbocycles. The smallest absolute Gasteiger partial charge is 0.253 e. The van der Waals surface area contributed by atoms with Crippen LogP contribution in [0.4, 0.5) is 5.82 Å². The predicted octanol–water partition coefficient (Wildman–Crippen LogP) is -0.511. The molecule has 0 fully saturated rings. The largest absolute Gasteiger partial charge is 0.383 e. The molecule has 1 aromatic rings. The molecular formula is C7H11N3O3S2. The van der Waals surface area contributed by atoms with Crippen LogP contribution in [-0.4, -0.2) is 36.1 Å². The number of hydrogen-bond acceptors (Lipinski definition) is 6. The maximum atomic E-state index is 11.0. The molecule has 0 aliphatic heterocycles. The van der Waals surface area contributed by atoms with E-state index in [0.29, 0.717) is 10.9 Å². The maximum Gasteiger partial charge on any atom is 0.253 e. The molecule has 3 N–H and O–H groups in total. The fourth-order valence-electron chi connectivity index (χ4n) is 0.811. The SMILES string of the molecule is CS(=O)(=O)CCSc1nc(N)cc(=O)[nH]1. The van der Waals surface area contributed by atoms with Crippen molar-refractivity contribution in [1.82, 2.24) is 9.97 Å². The minimum absolute atomic E-state index is 0.0379. The van der Waals surface area contributed by atoms with Gasteiger partial charge in [-0.3, -0.25) is 4.79 Å². The molecule has 1 rings (SSSR count). The first-order valence-corrected chi connectivity index (χ1v) is 7.09. The second kappa shape index (κ2) is 4.67. The summed E-state index contributed by atoms with van der Waals surface area (Å²) in [5, 5.41) is 0.337. The van der Waals surface area contributed by atoms with Gasteiger partial charge in [-0.2, -0.15) is 0 Å². The van der Waals surface area contributed by atoms with Crippen LogP contribution >= 0.6 is 11.8 Å². The fraction of sp³-hybridized carbons (Fsp3) is 0.429. The van der Waals surface area contributed by atoms with Gasteiger partial charge < -0.3 is 10.7 Å². The van der Waals surface area contributed by atoms with Crippen molar-refractivity contribution in [2.75, 3.05) is 23.5 Å². The Hall–Kier alpha value is -1.02. The van der Waals surface area contributed by atoms with E-state index < -0.39 is 9.84 Å². The minimum atomic E-state index is -2.99. The summed E-state index contributed by atoms with van der Waals surface area (Å²) < 4.78 is 21.6. The molecule has 0 aliphatic carbocycles. The van der Waals surface area contributed by atoms with Crippen LogP contribution in [0.25, 0.3) is 0 Å². The van der Waals surface area contributed by atoms with Gasteiger partial charge in [-0.25, -0.2) is 13.4 Å². The Balaban J connectivity index is 2.62. The van der Waals surface area contributed by atoms with Crippen molar-refractivity contribution >= 4 is 27.4 Å². The van der Waals surface area contributed by atoms with Gasteiger partial charge in [-0.15, -0.1) is 0 Å². The van der Waals surface area contributed by atoms with E-state index in [9.17, 15) is 13.2 Å². The number of nitrogens with zero attached hydrogens (tertiary/aromatic N) is 1. The lowest BCUT2D eigenvalue weighted by atomic mass is 10.6. The Bertz CT molecular complexity index is 494. The van der Waals surface area contributed by atoms with E-state index in [1.54, 1.807) is 0 Å². The Morgan fingerprint density at radius 1 is 1.60 bits per heavy atom. The number of sulfone groups is 1. The van der Waals surface area contributed by atoms with Crippen LogP contribution in [0.1, 0.15) is 0 Å². The fourth-order valence-corrected chi connectivity index (χ4v) is 2.89. The van der Waals surface area contributed by atoms with Gasteiger partial charge in [0.2, 0.25) is 0 Å². The number of aromatic nitrogens is 2. The molecule has 0 aliphatic rings. The number of nitrogen functional groups attached to an aromatic ring is 1. The third-order valence-corrected chi connectivity index (χ3v) is 3.51. The molecule has 1 heterocycles. The summed E-state index contributed by atoms with van der Waals surface area (Å²) >= 11 is 1.15. The van der Waals surface area contributed by atoms with Crippen LogP contribution in [-0.2, 0) is 9.84 Å². The van der Waals surface area contributed by atoms with Crippen molar-refractivity contribution in [3.8, 4) is 0 Å². The lowest BCUT2D eigenvalue weighted by molar-refractivity contribution is 0.603. The highest BCUT2D eigenvalue weighted by atomic mass is 32.2. The highest BCUT2D eigenvalue weighted by Gasteiger charge is 2.04. The summed E-state index contributed by atoms with van der Waals surface area (Å²) in [7, 11) is -2.99. The number of anilines is 1. The van der Waals surface area contributed by atoms with Crippen molar-refractivity contribution in [2.24, 2.45) is 0 Å². The van der Waals surface area contributed by atoms with Gasteiger partial charge in [0.15, 0.2) is 5.16 Å². The Morgan fingerprint density at radius 2 is 2.27 bits per heavy atom. The number of thioether (sulfide) groups is 1. The molecule has 0 bridgehead atoms. The zero-order chi connectivity index (χ0) is 11.5. The second-order valence-corrected chi connectivity index (χ2v) is 6.30. The molecule has 6 nitrogen and oxygen atoms in total. The van der Waals surface area contributed by atoms with Crippen LogP contribution < -0.4 is 11.3 Å². The topological polar surface area (TPSA) is 106 Å². The van der Waals surface area contributed by atoms with E-state index in [2.05, 4.69) is 9.97 Å². The van der Waals surface area contributed by atoms with Crippen molar-refractivity contribution in [3.63, 3.8) is 0 Å². The van der Waals surface area contributed by atoms with Gasteiger partial charge >= 0.3 is 0 Å². The maximum absolute atomic E-state index is 11.0. The third kappa shape index (κ3) is 4.84. The first-order valence-electron chi connectivity index (χ1n) is 4.04. The van der Waals surface area contributed by atoms with Crippen molar-refractivity contribution in [3.05, 3.63) is 16.4 Å². The summed E-state index contributed by atoms with van der Waals surface area (Å²) in [6.45, 7) is 0. The van der Waals surface area contributed by atoms with E-state index in [0.717, 1.165) is 18.0 Å². The molecule has 1 aromatic heterocycles. The number of rotatable bonds is 4. The molecule has 0 saturated heterocycles. The summed E-state index contributed by atoms with van der Waals surface area (Å²) in [6.07, 6.45) is 1.16. The summed E-state index contributed by atoms with van der Waals surface area (Å²) in [6, 6.07) is 1.17. The quantitative estimate of drug-likeness (QED) is 0.550. The highest BCUT2D eigenvalue weighted by molar-refractivity contribution is 8.00. The molecule has 0 amide bonds. The van der Waals surface area contributed by atoms with Crippen molar-refractivity contribution in [1.29, 1.82) is 0 Å². The molecular weight excluding hydrogens is 238 g/mol. The monoisotopic (exact) mass is 249 g/mol. The zero-order valence-corrected chi connectivity index (χ0v) is 9.69.